The normalized spacial score (nSPS) is 17.4. The predicted octanol–water partition coefficient (Wildman–Crippen LogP) is 4.07. The number of rotatable bonds is 7. The van der Waals surface area contributed by atoms with E-state index in [1.807, 2.05) is 0 Å². The van der Waals surface area contributed by atoms with E-state index in [0.29, 0.717) is 18.2 Å². The Kier molecular flexibility index (Phi) is 5.84. The first kappa shape index (κ1) is 15.3. The smallest absolute Gasteiger partial charge is 0.126 e. The van der Waals surface area contributed by atoms with Crippen molar-refractivity contribution in [3.63, 3.8) is 0 Å². The van der Waals surface area contributed by atoms with Crippen molar-refractivity contribution < 1.29 is 9.13 Å². The summed E-state index contributed by atoms with van der Waals surface area (Å²) in [6.45, 7) is 5.66. The van der Waals surface area contributed by atoms with Gasteiger partial charge in [-0.05, 0) is 62.4 Å². The van der Waals surface area contributed by atoms with E-state index in [2.05, 4.69) is 12.2 Å². The molecule has 1 aliphatic carbocycles. The third kappa shape index (κ3) is 4.20. The molecule has 0 amide bonds. The van der Waals surface area contributed by atoms with Crippen LogP contribution in [0, 0.1) is 18.7 Å². The molecule has 0 heterocycles. The van der Waals surface area contributed by atoms with Gasteiger partial charge < -0.3 is 10.1 Å². The zero-order chi connectivity index (χ0) is 14.4. The molecule has 1 atom stereocenters. The molecule has 3 heteroatoms. The van der Waals surface area contributed by atoms with Crippen LogP contribution in [0.1, 0.15) is 44.6 Å². The van der Waals surface area contributed by atoms with Crippen LogP contribution in [0.4, 0.5) is 4.39 Å². The van der Waals surface area contributed by atoms with Gasteiger partial charge in [0.25, 0.3) is 0 Å². The second-order valence-electron chi connectivity index (χ2n) is 5.83. The van der Waals surface area contributed by atoms with Gasteiger partial charge in [0.1, 0.15) is 18.2 Å². The zero-order valence-electron chi connectivity index (χ0n) is 12.6. The van der Waals surface area contributed by atoms with Gasteiger partial charge >= 0.3 is 0 Å². The summed E-state index contributed by atoms with van der Waals surface area (Å²) in [7, 11) is 0. The van der Waals surface area contributed by atoms with Crippen molar-refractivity contribution in [2.45, 2.75) is 52.0 Å². The van der Waals surface area contributed by atoms with Gasteiger partial charge in [-0.3, -0.25) is 0 Å². The minimum absolute atomic E-state index is 0.172. The van der Waals surface area contributed by atoms with Crippen LogP contribution in [0.5, 0.6) is 5.75 Å². The Morgan fingerprint density at radius 2 is 2.10 bits per heavy atom. The Hall–Kier alpha value is -1.09. The standard InChI is InChI=1S/C17H26FNO/c1-3-10-19-17(14-6-4-5-7-14)12-20-15-8-9-16(18)13(2)11-15/h8-9,11,14,17,19H,3-7,10,12H2,1-2H3. The Balaban J connectivity index is 1.91. The molecule has 1 aliphatic rings. The van der Waals surface area contributed by atoms with E-state index >= 15 is 0 Å². The summed E-state index contributed by atoms with van der Waals surface area (Å²) in [5, 5.41) is 3.61. The van der Waals surface area contributed by atoms with Crippen LogP contribution >= 0.6 is 0 Å². The van der Waals surface area contributed by atoms with Crippen molar-refractivity contribution in [1.82, 2.24) is 5.32 Å². The van der Waals surface area contributed by atoms with E-state index in [4.69, 9.17) is 4.74 Å². The molecule has 0 spiro atoms. The number of hydrogen-bond donors (Lipinski definition) is 1. The molecule has 1 N–H and O–H groups in total. The average Bonchev–Trinajstić information content (AvgIpc) is 2.97. The SMILES string of the molecule is CCCNC(COc1ccc(F)c(C)c1)C1CCCC1. The first-order chi connectivity index (χ1) is 9.70. The maximum atomic E-state index is 13.2. The van der Waals surface area contributed by atoms with Gasteiger partial charge in [-0.15, -0.1) is 0 Å². The summed E-state index contributed by atoms with van der Waals surface area (Å²) in [6, 6.07) is 5.39. The van der Waals surface area contributed by atoms with Crippen LogP contribution in [-0.4, -0.2) is 19.2 Å². The number of hydrogen-bond acceptors (Lipinski definition) is 2. The van der Waals surface area contributed by atoms with Crippen LogP contribution in [-0.2, 0) is 0 Å². The summed E-state index contributed by atoms with van der Waals surface area (Å²) in [5.41, 5.74) is 0.640. The van der Waals surface area contributed by atoms with E-state index < -0.39 is 0 Å². The molecule has 1 fully saturated rings. The monoisotopic (exact) mass is 279 g/mol. The van der Waals surface area contributed by atoms with Crippen LogP contribution in [0.2, 0.25) is 0 Å². The number of aryl methyl sites for hydroxylation is 1. The van der Waals surface area contributed by atoms with Crippen molar-refractivity contribution in [3.8, 4) is 5.75 Å². The van der Waals surface area contributed by atoms with Crippen molar-refractivity contribution in [2.75, 3.05) is 13.2 Å². The fourth-order valence-electron chi connectivity index (χ4n) is 2.94. The van der Waals surface area contributed by atoms with Gasteiger partial charge in [0, 0.05) is 6.04 Å². The third-order valence-corrected chi connectivity index (χ3v) is 4.18. The molecule has 0 radical (unpaired) electrons. The van der Waals surface area contributed by atoms with Gasteiger partial charge in [-0.2, -0.15) is 0 Å². The van der Waals surface area contributed by atoms with Crippen LogP contribution < -0.4 is 10.1 Å². The summed E-state index contributed by atoms with van der Waals surface area (Å²) in [5.74, 6) is 1.32. The van der Waals surface area contributed by atoms with E-state index in [0.717, 1.165) is 24.6 Å². The van der Waals surface area contributed by atoms with Crippen LogP contribution in [0.3, 0.4) is 0 Å². The largest absolute Gasteiger partial charge is 0.492 e. The fraction of sp³-hybridized carbons (Fsp3) is 0.647. The average molecular weight is 279 g/mol. The maximum Gasteiger partial charge on any atom is 0.126 e. The molecule has 1 unspecified atom stereocenters. The molecule has 0 saturated heterocycles. The van der Waals surface area contributed by atoms with E-state index in [-0.39, 0.29) is 5.82 Å². The second kappa shape index (κ2) is 7.63. The molecule has 0 aliphatic heterocycles. The van der Waals surface area contributed by atoms with Crippen molar-refractivity contribution in [3.05, 3.63) is 29.6 Å². The minimum Gasteiger partial charge on any atom is -0.492 e. The molecule has 2 nitrogen and oxygen atoms in total. The lowest BCUT2D eigenvalue weighted by Crippen LogP contribution is -2.40. The Morgan fingerprint density at radius 1 is 1.35 bits per heavy atom. The summed E-state index contributed by atoms with van der Waals surface area (Å²) < 4.78 is 19.1. The minimum atomic E-state index is -0.172. The van der Waals surface area contributed by atoms with Crippen molar-refractivity contribution in [1.29, 1.82) is 0 Å². The van der Waals surface area contributed by atoms with Crippen molar-refractivity contribution in [2.24, 2.45) is 5.92 Å². The molecule has 20 heavy (non-hydrogen) atoms. The molecule has 0 bridgehead atoms. The Labute approximate surface area is 121 Å². The topological polar surface area (TPSA) is 21.3 Å². The molecular formula is C17H26FNO. The summed E-state index contributed by atoms with van der Waals surface area (Å²) in [4.78, 5) is 0. The molecular weight excluding hydrogens is 253 g/mol. The highest BCUT2D eigenvalue weighted by molar-refractivity contribution is 5.28. The Bertz CT molecular complexity index is 415. The van der Waals surface area contributed by atoms with Gasteiger partial charge in [-0.1, -0.05) is 19.8 Å². The number of benzene rings is 1. The lowest BCUT2D eigenvalue weighted by atomic mass is 9.98. The third-order valence-electron chi connectivity index (χ3n) is 4.18. The number of halogens is 1. The lowest BCUT2D eigenvalue weighted by Gasteiger charge is -2.25. The Morgan fingerprint density at radius 3 is 2.75 bits per heavy atom. The highest BCUT2D eigenvalue weighted by atomic mass is 19.1. The maximum absolute atomic E-state index is 13.2. The highest BCUT2D eigenvalue weighted by Crippen LogP contribution is 2.28. The first-order valence-electron chi connectivity index (χ1n) is 7.83. The molecule has 1 aromatic carbocycles. The molecule has 1 aromatic rings. The number of nitrogens with one attached hydrogen (secondary N) is 1. The van der Waals surface area contributed by atoms with Crippen LogP contribution in [0.15, 0.2) is 18.2 Å². The van der Waals surface area contributed by atoms with Crippen LogP contribution in [0.25, 0.3) is 0 Å². The number of ether oxygens (including phenoxy) is 1. The van der Waals surface area contributed by atoms with Gasteiger partial charge in [0.15, 0.2) is 0 Å². The predicted molar refractivity (Wildman–Crippen MR) is 80.7 cm³/mol. The molecule has 2 rings (SSSR count). The fourth-order valence-corrected chi connectivity index (χ4v) is 2.94. The second-order valence-corrected chi connectivity index (χ2v) is 5.83. The first-order valence-corrected chi connectivity index (χ1v) is 7.83. The van der Waals surface area contributed by atoms with E-state index in [1.54, 1.807) is 19.1 Å². The van der Waals surface area contributed by atoms with Gasteiger partial charge in [0.2, 0.25) is 0 Å². The molecule has 1 saturated carbocycles. The lowest BCUT2D eigenvalue weighted by molar-refractivity contribution is 0.217. The molecule has 0 aromatic heterocycles. The van der Waals surface area contributed by atoms with Gasteiger partial charge in [-0.25, -0.2) is 4.39 Å². The van der Waals surface area contributed by atoms with E-state index in [9.17, 15) is 4.39 Å². The quantitative estimate of drug-likeness (QED) is 0.812. The van der Waals surface area contributed by atoms with E-state index in [1.165, 1.54) is 31.7 Å². The summed E-state index contributed by atoms with van der Waals surface area (Å²) >= 11 is 0. The zero-order valence-corrected chi connectivity index (χ0v) is 12.6. The summed E-state index contributed by atoms with van der Waals surface area (Å²) in [6.07, 6.45) is 6.41. The molecule has 112 valence electrons. The highest BCUT2D eigenvalue weighted by Gasteiger charge is 2.25. The van der Waals surface area contributed by atoms with Gasteiger partial charge in [0.05, 0.1) is 0 Å². The van der Waals surface area contributed by atoms with Crippen molar-refractivity contribution >= 4 is 0 Å².